The quantitative estimate of drug-likeness (QED) is 0.222. The zero-order chi connectivity index (χ0) is 29.9. The van der Waals surface area contributed by atoms with Crippen molar-refractivity contribution in [2.24, 2.45) is 11.5 Å². The zero-order valence-electron chi connectivity index (χ0n) is 23.5. The van der Waals surface area contributed by atoms with Gasteiger partial charge in [0.2, 0.25) is 11.8 Å². The summed E-state index contributed by atoms with van der Waals surface area (Å²) in [6.45, 7) is 5.28. The molecule has 2 aromatic rings. The van der Waals surface area contributed by atoms with Gasteiger partial charge in [-0.05, 0) is 48.5 Å². The molecule has 0 atom stereocenters. The van der Waals surface area contributed by atoms with E-state index in [1.807, 2.05) is 48.5 Å². The van der Waals surface area contributed by atoms with E-state index in [4.69, 9.17) is 11.5 Å². The standard InChI is InChI=1S/C28H38N8O4S2/c29-27(39)35-15-11-33(12-16-35)23-5-1-21(2-6-23)31-25(37)9-19-41-42-20-10-26(38)32-22-3-7-24(8-4-22)34-13-17-36(18-14-34)28(30)40/h1-8H,9-20H2,(H2,29,39)(H2,30,40)(H,31,37)(H,32,38). The van der Waals surface area contributed by atoms with Crippen LogP contribution >= 0.6 is 21.6 Å². The maximum Gasteiger partial charge on any atom is 0.314 e. The number of amides is 6. The molecular weight excluding hydrogens is 576 g/mol. The molecule has 2 saturated heterocycles. The molecule has 6 N–H and O–H groups in total. The van der Waals surface area contributed by atoms with E-state index in [-0.39, 0.29) is 23.9 Å². The second-order valence-corrected chi connectivity index (χ2v) is 12.7. The molecule has 6 amide bonds. The summed E-state index contributed by atoms with van der Waals surface area (Å²) in [5.74, 6) is 1.19. The smallest absolute Gasteiger partial charge is 0.314 e. The third-order valence-electron chi connectivity index (χ3n) is 7.12. The minimum Gasteiger partial charge on any atom is -0.368 e. The second-order valence-electron chi connectivity index (χ2n) is 9.96. The average Bonchev–Trinajstić information content (AvgIpc) is 3.00. The van der Waals surface area contributed by atoms with Gasteiger partial charge in [0.15, 0.2) is 0 Å². The van der Waals surface area contributed by atoms with Crippen molar-refractivity contribution in [2.75, 3.05) is 84.3 Å². The number of piperazine rings is 2. The second kappa shape index (κ2) is 15.4. The summed E-state index contributed by atoms with van der Waals surface area (Å²) in [6.07, 6.45) is 0.759. The Balaban J connectivity index is 1.05. The molecule has 4 rings (SSSR count). The molecular formula is C28H38N8O4S2. The Labute approximate surface area is 253 Å². The number of benzene rings is 2. The van der Waals surface area contributed by atoms with Gasteiger partial charge in [0.1, 0.15) is 0 Å². The molecule has 0 aromatic heterocycles. The summed E-state index contributed by atoms with van der Waals surface area (Å²) in [4.78, 5) is 54.9. The van der Waals surface area contributed by atoms with Crippen molar-refractivity contribution in [1.29, 1.82) is 0 Å². The van der Waals surface area contributed by atoms with Crippen LogP contribution in [0, 0.1) is 0 Å². The number of anilines is 4. The highest BCUT2D eigenvalue weighted by Gasteiger charge is 2.20. The fraction of sp³-hybridized carbons (Fsp3) is 0.429. The van der Waals surface area contributed by atoms with Crippen molar-refractivity contribution in [3.05, 3.63) is 48.5 Å². The van der Waals surface area contributed by atoms with E-state index in [0.717, 1.165) is 48.9 Å². The number of carbonyl (C=O) groups is 4. The molecule has 42 heavy (non-hydrogen) atoms. The number of nitrogens with one attached hydrogen (secondary N) is 2. The number of nitrogens with two attached hydrogens (primary N) is 2. The van der Waals surface area contributed by atoms with E-state index >= 15 is 0 Å². The molecule has 2 fully saturated rings. The number of hydrogen-bond acceptors (Lipinski definition) is 8. The Morgan fingerprint density at radius 3 is 1.21 bits per heavy atom. The summed E-state index contributed by atoms with van der Waals surface area (Å²) >= 11 is 0. The van der Waals surface area contributed by atoms with Crippen molar-refractivity contribution in [3.63, 3.8) is 0 Å². The SMILES string of the molecule is NC(=O)N1CCN(c2ccc(NC(=O)CCSSCCC(=O)Nc3ccc(N4CCN(C(N)=O)CC4)cc3)cc2)CC1. The van der Waals surface area contributed by atoms with Crippen LogP contribution in [0.4, 0.5) is 32.3 Å². The Morgan fingerprint density at radius 1 is 0.571 bits per heavy atom. The lowest BCUT2D eigenvalue weighted by Crippen LogP contribution is -2.50. The van der Waals surface area contributed by atoms with Gasteiger partial charge in [-0.2, -0.15) is 0 Å². The highest BCUT2D eigenvalue weighted by Crippen LogP contribution is 2.24. The van der Waals surface area contributed by atoms with Gasteiger partial charge < -0.3 is 41.7 Å². The zero-order valence-corrected chi connectivity index (χ0v) is 25.1. The predicted molar refractivity (Wildman–Crippen MR) is 171 cm³/mol. The van der Waals surface area contributed by atoms with Crippen molar-refractivity contribution in [3.8, 4) is 0 Å². The summed E-state index contributed by atoms with van der Waals surface area (Å²) in [5.41, 5.74) is 14.3. The van der Waals surface area contributed by atoms with Crippen LogP contribution in [0.25, 0.3) is 0 Å². The number of urea groups is 2. The Bertz CT molecular complexity index is 1120. The largest absolute Gasteiger partial charge is 0.368 e. The van der Waals surface area contributed by atoms with Gasteiger partial charge in [0.05, 0.1) is 0 Å². The van der Waals surface area contributed by atoms with Gasteiger partial charge in [-0.15, -0.1) is 0 Å². The van der Waals surface area contributed by atoms with Crippen LogP contribution in [-0.2, 0) is 9.59 Å². The minimum atomic E-state index is -0.386. The molecule has 0 bridgehead atoms. The van der Waals surface area contributed by atoms with Gasteiger partial charge in [0, 0.05) is 99.5 Å². The molecule has 0 unspecified atom stereocenters. The lowest BCUT2D eigenvalue weighted by molar-refractivity contribution is -0.116. The van der Waals surface area contributed by atoms with Crippen molar-refractivity contribution in [1.82, 2.24) is 9.80 Å². The summed E-state index contributed by atoms with van der Waals surface area (Å²) < 4.78 is 0. The number of carbonyl (C=O) groups excluding carboxylic acids is 4. The van der Waals surface area contributed by atoms with E-state index in [1.165, 1.54) is 0 Å². The average molecular weight is 615 g/mol. The van der Waals surface area contributed by atoms with Crippen molar-refractivity contribution < 1.29 is 19.2 Å². The van der Waals surface area contributed by atoms with Crippen LogP contribution in [-0.4, -0.2) is 97.5 Å². The number of rotatable bonds is 11. The molecule has 2 aliphatic heterocycles. The first-order valence-corrected chi connectivity index (χ1v) is 16.4. The molecule has 0 aliphatic carbocycles. The van der Waals surface area contributed by atoms with E-state index in [2.05, 4.69) is 20.4 Å². The first kappa shape index (κ1) is 31.2. The third kappa shape index (κ3) is 9.38. The first-order valence-electron chi connectivity index (χ1n) is 13.9. The molecule has 0 spiro atoms. The molecule has 0 saturated carbocycles. The van der Waals surface area contributed by atoms with Crippen LogP contribution < -0.4 is 31.9 Å². The topological polar surface area (TPSA) is 157 Å². The molecule has 226 valence electrons. The van der Waals surface area contributed by atoms with Gasteiger partial charge in [-0.3, -0.25) is 9.59 Å². The summed E-state index contributed by atoms with van der Waals surface area (Å²) in [7, 11) is 3.16. The molecule has 2 aliphatic rings. The highest BCUT2D eigenvalue weighted by molar-refractivity contribution is 8.76. The number of hydrogen-bond donors (Lipinski definition) is 4. The number of primary amides is 2. The normalized spacial score (nSPS) is 15.3. The lowest BCUT2D eigenvalue weighted by Gasteiger charge is -2.35. The van der Waals surface area contributed by atoms with Crippen LogP contribution in [0.2, 0.25) is 0 Å². The highest BCUT2D eigenvalue weighted by atomic mass is 33.1. The van der Waals surface area contributed by atoms with Crippen molar-refractivity contribution in [2.45, 2.75) is 12.8 Å². The summed E-state index contributed by atoms with van der Waals surface area (Å²) in [6, 6.07) is 14.6. The van der Waals surface area contributed by atoms with E-state index in [9.17, 15) is 19.2 Å². The monoisotopic (exact) mass is 614 g/mol. The predicted octanol–water partition coefficient (Wildman–Crippen LogP) is 2.83. The van der Waals surface area contributed by atoms with Gasteiger partial charge in [-0.25, -0.2) is 9.59 Å². The maximum absolute atomic E-state index is 12.3. The Kier molecular flexibility index (Phi) is 11.5. The van der Waals surface area contributed by atoms with Crippen LogP contribution in [0.3, 0.4) is 0 Å². The van der Waals surface area contributed by atoms with Crippen LogP contribution in [0.15, 0.2) is 48.5 Å². The summed E-state index contributed by atoms with van der Waals surface area (Å²) in [5, 5.41) is 5.85. The fourth-order valence-corrected chi connectivity index (χ4v) is 6.70. The first-order chi connectivity index (χ1) is 20.3. The molecule has 2 heterocycles. The van der Waals surface area contributed by atoms with E-state index in [0.29, 0.717) is 50.5 Å². The number of nitrogens with zero attached hydrogens (tertiary/aromatic N) is 4. The fourth-order valence-electron chi connectivity index (χ4n) is 4.71. The molecule has 14 heteroatoms. The maximum atomic E-state index is 12.3. The third-order valence-corrected chi connectivity index (χ3v) is 9.53. The molecule has 12 nitrogen and oxygen atoms in total. The minimum absolute atomic E-state index is 0.0538. The van der Waals surface area contributed by atoms with Crippen molar-refractivity contribution >= 4 is 68.2 Å². The molecule has 0 radical (unpaired) electrons. The lowest BCUT2D eigenvalue weighted by atomic mass is 10.2. The van der Waals surface area contributed by atoms with E-state index in [1.54, 1.807) is 31.4 Å². The van der Waals surface area contributed by atoms with E-state index < -0.39 is 0 Å². The Morgan fingerprint density at radius 2 is 0.905 bits per heavy atom. The van der Waals surface area contributed by atoms with Crippen LogP contribution in [0.5, 0.6) is 0 Å². The van der Waals surface area contributed by atoms with Gasteiger partial charge in [0.25, 0.3) is 0 Å². The Hall–Kier alpha value is -3.78. The van der Waals surface area contributed by atoms with Gasteiger partial charge >= 0.3 is 12.1 Å². The van der Waals surface area contributed by atoms with Gasteiger partial charge in [-0.1, -0.05) is 21.6 Å². The van der Waals surface area contributed by atoms with Crippen LogP contribution in [0.1, 0.15) is 12.8 Å². The molecule has 2 aromatic carbocycles.